The number of para-hydroxylation sites is 2. The molecule has 1 N–H and O–H groups in total. The molecule has 0 aliphatic rings. The first kappa shape index (κ1) is 22.2. The fourth-order valence-electron chi connectivity index (χ4n) is 2.98. The Labute approximate surface area is 186 Å². The fourth-order valence-corrected chi connectivity index (χ4v) is 3.84. The smallest absolute Gasteiger partial charge is 0.244 e. The lowest BCUT2D eigenvalue weighted by Crippen LogP contribution is -2.39. The first-order chi connectivity index (χ1) is 15.0. The van der Waals surface area contributed by atoms with Crippen LogP contribution in [0.3, 0.4) is 0 Å². The molecule has 0 radical (unpaired) electrons. The monoisotopic (exact) mass is 434 g/mol. The van der Waals surface area contributed by atoms with E-state index in [1.807, 2.05) is 73.1 Å². The normalized spacial score (nSPS) is 11.8. The van der Waals surface area contributed by atoms with Crippen molar-refractivity contribution < 1.29 is 9.59 Å². The van der Waals surface area contributed by atoms with Crippen LogP contribution in [0.5, 0.6) is 0 Å². The van der Waals surface area contributed by atoms with Crippen molar-refractivity contribution in [2.45, 2.75) is 19.9 Å². The van der Waals surface area contributed by atoms with Gasteiger partial charge in [-0.25, -0.2) is 4.98 Å². The largest absolute Gasteiger partial charge is 0.370 e. The van der Waals surface area contributed by atoms with Gasteiger partial charge in [-0.3, -0.25) is 14.5 Å². The number of benzene rings is 2. The Balaban J connectivity index is 1.58. The molecule has 0 aliphatic carbocycles. The van der Waals surface area contributed by atoms with Crippen molar-refractivity contribution in [2.75, 3.05) is 23.4 Å². The summed E-state index contributed by atoms with van der Waals surface area (Å²) in [6.45, 7) is 4.08. The Morgan fingerprint density at radius 1 is 1.06 bits per heavy atom. The van der Waals surface area contributed by atoms with E-state index in [0.29, 0.717) is 17.4 Å². The van der Waals surface area contributed by atoms with Crippen molar-refractivity contribution in [1.29, 1.82) is 0 Å². The first-order valence-electron chi connectivity index (χ1n) is 10.0. The Hall–Kier alpha value is -3.45. The number of likely N-dealkylation sites (N-methyl/N-ethyl adjacent to an activating group) is 1. The molecule has 1 atom stereocenters. The second-order valence-electron chi connectivity index (χ2n) is 7.12. The molecular formula is C24H26N4O2S. The minimum absolute atomic E-state index is 0.120. The highest BCUT2D eigenvalue weighted by Crippen LogP contribution is 2.29. The van der Waals surface area contributed by atoms with Gasteiger partial charge in [-0.15, -0.1) is 11.3 Å². The summed E-state index contributed by atoms with van der Waals surface area (Å²) in [6, 6.07) is 19.6. The molecule has 7 heteroatoms. The Morgan fingerprint density at radius 3 is 2.29 bits per heavy atom. The van der Waals surface area contributed by atoms with Crippen molar-refractivity contribution in [3.8, 4) is 0 Å². The molecule has 0 fully saturated rings. The zero-order valence-electron chi connectivity index (χ0n) is 17.9. The molecular weight excluding hydrogens is 408 g/mol. The van der Waals surface area contributed by atoms with E-state index in [1.54, 1.807) is 11.0 Å². The quantitative estimate of drug-likeness (QED) is 0.531. The Morgan fingerprint density at radius 2 is 1.68 bits per heavy atom. The summed E-state index contributed by atoms with van der Waals surface area (Å²) < 4.78 is 0. The minimum atomic E-state index is -0.186. The molecule has 3 aromatic rings. The van der Waals surface area contributed by atoms with E-state index < -0.39 is 0 Å². The minimum Gasteiger partial charge on any atom is -0.370 e. The van der Waals surface area contributed by atoms with Crippen LogP contribution in [0.4, 0.5) is 16.5 Å². The van der Waals surface area contributed by atoms with Gasteiger partial charge in [0, 0.05) is 43.7 Å². The van der Waals surface area contributed by atoms with Gasteiger partial charge in [0.25, 0.3) is 0 Å². The van der Waals surface area contributed by atoms with E-state index in [2.05, 4.69) is 22.1 Å². The van der Waals surface area contributed by atoms with E-state index in [1.165, 1.54) is 24.3 Å². The van der Waals surface area contributed by atoms with E-state index in [9.17, 15) is 9.59 Å². The maximum atomic E-state index is 12.2. The lowest BCUT2D eigenvalue weighted by atomic mass is 10.2. The number of hydrogen-bond acceptors (Lipinski definition) is 5. The van der Waals surface area contributed by atoms with Gasteiger partial charge < -0.3 is 10.2 Å². The summed E-state index contributed by atoms with van der Waals surface area (Å²) in [4.78, 5) is 32.6. The number of carbonyl (C=O) groups is 2. The predicted molar refractivity (Wildman–Crippen MR) is 128 cm³/mol. The molecule has 1 aromatic heterocycles. The number of aromatic nitrogens is 1. The topological polar surface area (TPSA) is 65.5 Å². The second kappa shape index (κ2) is 10.5. The SMILES string of the molecule is CC(=O)N(c1ccccc1)c1nc(/C=C/C(=O)NCC(C)N(C)c2ccccc2)cs1. The van der Waals surface area contributed by atoms with Crippen molar-refractivity contribution in [2.24, 2.45) is 0 Å². The van der Waals surface area contributed by atoms with Crippen LogP contribution in [0, 0.1) is 0 Å². The van der Waals surface area contributed by atoms with E-state index >= 15 is 0 Å². The van der Waals surface area contributed by atoms with Crippen molar-refractivity contribution in [3.05, 3.63) is 77.8 Å². The molecule has 31 heavy (non-hydrogen) atoms. The van der Waals surface area contributed by atoms with Gasteiger partial charge >= 0.3 is 0 Å². The number of thiazole rings is 1. The summed E-state index contributed by atoms with van der Waals surface area (Å²) in [5.74, 6) is -0.306. The molecule has 1 heterocycles. The Kier molecular flexibility index (Phi) is 7.56. The number of amides is 2. The van der Waals surface area contributed by atoms with Gasteiger partial charge in [0.05, 0.1) is 11.4 Å². The van der Waals surface area contributed by atoms with Crippen LogP contribution >= 0.6 is 11.3 Å². The molecule has 2 aromatic carbocycles. The molecule has 6 nitrogen and oxygen atoms in total. The lowest BCUT2D eigenvalue weighted by Gasteiger charge is -2.27. The van der Waals surface area contributed by atoms with Crippen molar-refractivity contribution in [3.63, 3.8) is 0 Å². The summed E-state index contributed by atoms with van der Waals surface area (Å²) in [5.41, 5.74) is 2.49. The van der Waals surface area contributed by atoms with Crippen LogP contribution in [-0.4, -0.2) is 36.4 Å². The van der Waals surface area contributed by atoms with Gasteiger partial charge in [0.15, 0.2) is 5.13 Å². The number of nitrogens with one attached hydrogen (secondary N) is 1. The second-order valence-corrected chi connectivity index (χ2v) is 7.96. The van der Waals surface area contributed by atoms with Gasteiger partial charge in [0.2, 0.25) is 11.8 Å². The number of nitrogens with zero attached hydrogens (tertiary/aromatic N) is 3. The summed E-state index contributed by atoms with van der Waals surface area (Å²) in [5, 5.41) is 5.31. The van der Waals surface area contributed by atoms with Gasteiger partial charge in [-0.1, -0.05) is 36.4 Å². The Bertz CT molecular complexity index is 1030. The number of anilines is 3. The predicted octanol–water partition coefficient (Wildman–Crippen LogP) is 4.48. The maximum absolute atomic E-state index is 12.2. The average molecular weight is 435 g/mol. The molecule has 0 saturated carbocycles. The summed E-state index contributed by atoms with van der Waals surface area (Å²) in [7, 11) is 2.01. The fraction of sp³-hybridized carbons (Fsp3) is 0.208. The first-order valence-corrected chi connectivity index (χ1v) is 10.9. The highest BCUT2D eigenvalue weighted by atomic mass is 32.1. The maximum Gasteiger partial charge on any atom is 0.244 e. The molecule has 0 aliphatic heterocycles. The van der Waals surface area contributed by atoms with Gasteiger partial charge in [-0.2, -0.15) is 0 Å². The third-order valence-corrected chi connectivity index (χ3v) is 5.68. The molecule has 0 spiro atoms. The van der Waals surface area contributed by atoms with Crippen LogP contribution in [-0.2, 0) is 9.59 Å². The van der Waals surface area contributed by atoms with Crippen molar-refractivity contribution >= 4 is 45.7 Å². The zero-order valence-corrected chi connectivity index (χ0v) is 18.7. The number of carbonyl (C=O) groups excluding carboxylic acids is 2. The van der Waals surface area contributed by atoms with Crippen LogP contribution < -0.4 is 15.1 Å². The molecule has 0 saturated heterocycles. The third kappa shape index (κ3) is 6.02. The lowest BCUT2D eigenvalue weighted by molar-refractivity contribution is -0.117. The van der Waals surface area contributed by atoms with Gasteiger partial charge in [0.1, 0.15) is 0 Å². The van der Waals surface area contributed by atoms with E-state index in [-0.39, 0.29) is 17.9 Å². The molecule has 0 bridgehead atoms. The van der Waals surface area contributed by atoms with Crippen LogP contribution in [0.1, 0.15) is 19.5 Å². The number of rotatable bonds is 8. The standard InChI is InChI=1S/C24H26N4O2S/c1-18(27(3)21-10-6-4-7-11-21)16-25-23(30)15-14-20-17-31-24(26-20)28(19(2)29)22-12-8-5-9-13-22/h4-15,17-18H,16H2,1-3H3,(H,25,30)/b15-14+. The van der Waals surface area contributed by atoms with E-state index in [0.717, 1.165) is 11.4 Å². The van der Waals surface area contributed by atoms with Crippen molar-refractivity contribution in [1.82, 2.24) is 10.3 Å². The zero-order chi connectivity index (χ0) is 22.2. The highest BCUT2D eigenvalue weighted by Gasteiger charge is 2.17. The molecule has 3 rings (SSSR count). The summed E-state index contributed by atoms with van der Waals surface area (Å²) >= 11 is 1.36. The van der Waals surface area contributed by atoms with Crippen LogP contribution in [0.25, 0.3) is 6.08 Å². The van der Waals surface area contributed by atoms with Crippen LogP contribution in [0.15, 0.2) is 72.1 Å². The third-order valence-electron chi connectivity index (χ3n) is 4.83. The van der Waals surface area contributed by atoms with Gasteiger partial charge in [-0.05, 0) is 37.3 Å². The van der Waals surface area contributed by atoms with Crippen LogP contribution in [0.2, 0.25) is 0 Å². The number of hydrogen-bond donors (Lipinski definition) is 1. The molecule has 2 amide bonds. The molecule has 1 unspecified atom stereocenters. The average Bonchev–Trinajstić information content (AvgIpc) is 3.25. The van der Waals surface area contributed by atoms with E-state index in [4.69, 9.17) is 0 Å². The highest BCUT2D eigenvalue weighted by molar-refractivity contribution is 7.14. The molecule has 160 valence electrons. The summed E-state index contributed by atoms with van der Waals surface area (Å²) in [6.07, 6.45) is 3.12.